The Balaban J connectivity index is 1.95. The summed E-state index contributed by atoms with van der Waals surface area (Å²) < 4.78 is 3.41. The first-order valence-corrected chi connectivity index (χ1v) is 6.49. The molecule has 21 heavy (non-hydrogen) atoms. The molecule has 108 valence electrons. The summed E-state index contributed by atoms with van der Waals surface area (Å²) in [4.78, 5) is 17.0. The quantitative estimate of drug-likeness (QED) is 0.720. The molecule has 0 aliphatic rings. The maximum atomic E-state index is 4.36. The molecule has 0 amide bonds. The predicted molar refractivity (Wildman–Crippen MR) is 77.6 cm³/mol. The zero-order chi connectivity index (χ0) is 14.7. The number of aromatic nitrogens is 7. The van der Waals surface area contributed by atoms with Gasteiger partial charge in [0.05, 0.1) is 0 Å². The molecule has 0 aliphatic heterocycles. The van der Waals surface area contributed by atoms with Crippen LogP contribution in [0.25, 0.3) is 5.95 Å². The van der Waals surface area contributed by atoms with Crippen LogP contribution in [-0.4, -0.2) is 40.8 Å². The van der Waals surface area contributed by atoms with Gasteiger partial charge >= 0.3 is 0 Å². The Morgan fingerprint density at radius 2 is 2.00 bits per heavy atom. The third-order valence-electron chi connectivity index (χ3n) is 2.65. The van der Waals surface area contributed by atoms with Crippen LogP contribution in [0.4, 0.5) is 17.7 Å². The number of anilines is 3. The predicted octanol–water partition coefficient (Wildman–Crippen LogP) is 0.966. The number of imidazole rings is 1. The van der Waals surface area contributed by atoms with Crippen LogP contribution in [0.3, 0.4) is 0 Å². The van der Waals surface area contributed by atoms with Crippen LogP contribution in [0, 0.1) is 0 Å². The number of hydrogen-bond acceptors (Lipinski definition) is 7. The van der Waals surface area contributed by atoms with Gasteiger partial charge in [0.15, 0.2) is 5.82 Å². The Morgan fingerprint density at radius 1 is 1.14 bits per heavy atom. The molecule has 0 bridgehead atoms. The van der Waals surface area contributed by atoms with Gasteiger partial charge in [-0.05, 0) is 6.92 Å². The van der Waals surface area contributed by atoms with Crippen molar-refractivity contribution in [2.75, 3.05) is 17.2 Å². The Morgan fingerprint density at radius 3 is 2.67 bits per heavy atom. The molecular weight excluding hydrogens is 270 g/mol. The van der Waals surface area contributed by atoms with Gasteiger partial charge in [0.25, 0.3) is 0 Å². The summed E-state index contributed by atoms with van der Waals surface area (Å²) in [5.74, 6) is 2.07. The molecule has 0 aliphatic carbocycles. The van der Waals surface area contributed by atoms with E-state index in [0.717, 1.165) is 6.54 Å². The van der Waals surface area contributed by atoms with E-state index in [2.05, 4.69) is 35.7 Å². The highest BCUT2D eigenvalue weighted by atomic mass is 15.3. The molecule has 0 saturated heterocycles. The zero-order valence-electron chi connectivity index (χ0n) is 11.7. The van der Waals surface area contributed by atoms with Crippen LogP contribution < -0.4 is 10.6 Å². The maximum absolute atomic E-state index is 4.36. The Bertz CT molecular complexity index is 716. The minimum absolute atomic E-state index is 0.420. The molecule has 0 spiro atoms. The average molecular weight is 285 g/mol. The highest BCUT2D eigenvalue weighted by Gasteiger charge is 2.08. The van der Waals surface area contributed by atoms with Gasteiger partial charge in [0, 0.05) is 38.2 Å². The largest absolute Gasteiger partial charge is 0.354 e. The molecule has 2 N–H and O–H groups in total. The first-order valence-electron chi connectivity index (χ1n) is 6.49. The molecule has 3 aromatic rings. The molecule has 9 heteroatoms. The average Bonchev–Trinajstić information content (AvgIpc) is 3.11. The SMILES string of the molecule is CCNc1nc(Nc2ccn(C)n2)nc(-n2ccnc2)n1. The van der Waals surface area contributed by atoms with Crippen LogP contribution in [0.5, 0.6) is 0 Å². The summed E-state index contributed by atoms with van der Waals surface area (Å²) >= 11 is 0. The van der Waals surface area contributed by atoms with Gasteiger partial charge in [0.1, 0.15) is 6.33 Å². The molecule has 3 aromatic heterocycles. The number of aryl methyl sites for hydroxylation is 1. The van der Waals surface area contributed by atoms with Crippen molar-refractivity contribution < 1.29 is 0 Å². The number of nitrogens with zero attached hydrogens (tertiary/aromatic N) is 7. The van der Waals surface area contributed by atoms with Crippen molar-refractivity contribution >= 4 is 17.7 Å². The summed E-state index contributed by atoms with van der Waals surface area (Å²) in [7, 11) is 1.85. The summed E-state index contributed by atoms with van der Waals surface area (Å²) in [5.41, 5.74) is 0. The molecule has 3 rings (SSSR count). The van der Waals surface area contributed by atoms with Gasteiger partial charge in [-0.3, -0.25) is 9.25 Å². The minimum Gasteiger partial charge on any atom is -0.354 e. The van der Waals surface area contributed by atoms with Gasteiger partial charge in [-0.15, -0.1) is 0 Å². The van der Waals surface area contributed by atoms with Gasteiger partial charge in [-0.1, -0.05) is 0 Å². The maximum Gasteiger partial charge on any atom is 0.241 e. The summed E-state index contributed by atoms with van der Waals surface area (Å²) in [5, 5.41) is 10.4. The molecule has 0 unspecified atom stereocenters. The lowest BCUT2D eigenvalue weighted by atomic mass is 10.6. The van der Waals surface area contributed by atoms with Gasteiger partial charge in [0.2, 0.25) is 17.8 Å². The third kappa shape index (κ3) is 2.96. The lowest BCUT2D eigenvalue weighted by molar-refractivity contribution is 0.770. The van der Waals surface area contributed by atoms with Gasteiger partial charge in [-0.25, -0.2) is 4.98 Å². The molecule has 3 heterocycles. The van der Waals surface area contributed by atoms with Crippen LogP contribution >= 0.6 is 0 Å². The number of rotatable bonds is 5. The van der Waals surface area contributed by atoms with Gasteiger partial charge in [-0.2, -0.15) is 20.1 Å². The summed E-state index contributed by atoms with van der Waals surface area (Å²) in [6.07, 6.45) is 6.92. The monoisotopic (exact) mass is 285 g/mol. The van der Waals surface area contributed by atoms with Gasteiger partial charge < -0.3 is 10.6 Å². The molecule has 0 aromatic carbocycles. The van der Waals surface area contributed by atoms with E-state index in [1.807, 2.05) is 26.2 Å². The first kappa shape index (κ1) is 13.0. The molecule has 0 atom stereocenters. The topological polar surface area (TPSA) is 98.4 Å². The molecule has 9 nitrogen and oxygen atoms in total. The molecular formula is C12H15N9. The van der Waals surface area contributed by atoms with Crippen molar-refractivity contribution in [1.29, 1.82) is 0 Å². The Labute approximate surface area is 121 Å². The molecule has 0 saturated carbocycles. The minimum atomic E-state index is 0.420. The summed E-state index contributed by atoms with van der Waals surface area (Å²) in [6, 6.07) is 1.84. The summed E-state index contributed by atoms with van der Waals surface area (Å²) in [6.45, 7) is 2.70. The lowest BCUT2D eigenvalue weighted by Crippen LogP contribution is -2.10. The van der Waals surface area contributed by atoms with E-state index >= 15 is 0 Å². The van der Waals surface area contributed by atoms with Crippen molar-refractivity contribution in [2.45, 2.75) is 6.92 Å². The second-order valence-corrected chi connectivity index (χ2v) is 4.28. The highest BCUT2D eigenvalue weighted by molar-refractivity contribution is 5.49. The number of nitrogens with one attached hydrogen (secondary N) is 2. The lowest BCUT2D eigenvalue weighted by Gasteiger charge is -2.08. The van der Waals surface area contributed by atoms with E-state index in [9.17, 15) is 0 Å². The van der Waals surface area contributed by atoms with Crippen molar-refractivity contribution in [3.05, 3.63) is 31.0 Å². The Hall–Kier alpha value is -2.97. The van der Waals surface area contributed by atoms with E-state index in [0.29, 0.717) is 23.7 Å². The Kier molecular flexibility index (Phi) is 3.46. The molecule has 0 fully saturated rings. The fraction of sp³-hybridized carbons (Fsp3) is 0.250. The fourth-order valence-corrected chi connectivity index (χ4v) is 1.75. The van der Waals surface area contributed by atoms with E-state index in [4.69, 9.17) is 0 Å². The van der Waals surface area contributed by atoms with Crippen molar-refractivity contribution in [3.63, 3.8) is 0 Å². The first-order chi connectivity index (χ1) is 10.2. The third-order valence-corrected chi connectivity index (χ3v) is 2.65. The fourth-order valence-electron chi connectivity index (χ4n) is 1.75. The van der Waals surface area contributed by atoms with Crippen LogP contribution in [-0.2, 0) is 7.05 Å². The van der Waals surface area contributed by atoms with Crippen molar-refractivity contribution in [3.8, 4) is 5.95 Å². The second-order valence-electron chi connectivity index (χ2n) is 4.28. The van der Waals surface area contributed by atoms with Crippen LogP contribution in [0.1, 0.15) is 6.92 Å². The van der Waals surface area contributed by atoms with E-state index < -0.39 is 0 Å². The van der Waals surface area contributed by atoms with E-state index in [1.54, 1.807) is 28.0 Å². The van der Waals surface area contributed by atoms with Crippen molar-refractivity contribution in [1.82, 2.24) is 34.3 Å². The van der Waals surface area contributed by atoms with Crippen LogP contribution in [0.2, 0.25) is 0 Å². The zero-order valence-corrected chi connectivity index (χ0v) is 11.7. The standard InChI is InChI=1S/C12H15N9/c1-3-14-10-16-11(15-9-4-6-20(2)19-9)18-12(17-10)21-7-5-13-8-21/h4-8H,3H2,1-2H3,(H2,14,15,16,17,18,19). The molecule has 0 radical (unpaired) electrons. The number of hydrogen-bond donors (Lipinski definition) is 2. The normalized spacial score (nSPS) is 10.6. The smallest absolute Gasteiger partial charge is 0.241 e. The second kappa shape index (κ2) is 5.57. The van der Waals surface area contributed by atoms with E-state index in [1.165, 1.54) is 0 Å². The van der Waals surface area contributed by atoms with Crippen LogP contribution in [0.15, 0.2) is 31.0 Å². The van der Waals surface area contributed by atoms with E-state index in [-0.39, 0.29) is 0 Å². The van der Waals surface area contributed by atoms with Crippen molar-refractivity contribution in [2.24, 2.45) is 7.05 Å². The highest BCUT2D eigenvalue weighted by Crippen LogP contribution is 2.13.